The highest BCUT2D eigenvalue weighted by Crippen LogP contribution is 2.33. The first-order valence-corrected chi connectivity index (χ1v) is 9.05. The van der Waals surface area contributed by atoms with Gasteiger partial charge in [0.15, 0.2) is 11.5 Å². The van der Waals surface area contributed by atoms with Crippen molar-refractivity contribution in [2.24, 2.45) is 11.7 Å². The third-order valence-electron chi connectivity index (χ3n) is 5.42. The Morgan fingerprint density at radius 1 is 1.08 bits per heavy atom. The second kappa shape index (κ2) is 7.95. The van der Waals surface area contributed by atoms with E-state index in [1.54, 1.807) is 14.2 Å². The molecule has 7 heteroatoms. The molecule has 7 nitrogen and oxygen atoms in total. The summed E-state index contributed by atoms with van der Waals surface area (Å²) in [6.45, 7) is 3.18. The van der Waals surface area contributed by atoms with Crippen LogP contribution in [0.1, 0.15) is 24.0 Å². The molecule has 0 unspecified atom stereocenters. The van der Waals surface area contributed by atoms with Crippen LogP contribution >= 0.6 is 0 Å². The number of likely N-dealkylation sites (tertiary alicyclic amines) is 1. The first kappa shape index (κ1) is 18.5. The molecule has 0 aliphatic carbocycles. The highest BCUT2D eigenvalue weighted by molar-refractivity contribution is 5.79. The number of amides is 2. The summed E-state index contributed by atoms with van der Waals surface area (Å²) in [5.41, 5.74) is 7.68. The van der Waals surface area contributed by atoms with Crippen molar-refractivity contribution in [2.45, 2.75) is 25.8 Å². The average molecular weight is 361 g/mol. The maximum absolute atomic E-state index is 12.7. The SMILES string of the molecule is COc1cc2c(cc1OC)CN(C(=O)CN1CCC(C(N)=O)CC1)CC2. The fourth-order valence-corrected chi connectivity index (χ4v) is 3.76. The molecule has 142 valence electrons. The minimum Gasteiger partial charge on any atom is -0.493 e. The van der Waals surface area contributed by atoms with Gasteiger partial charge in [0.1, 0.15) is 0 Å². The summed E-state index contributed by atoms with van der Waals surface area (Å²) in [6.07, 6.45) is 2.29. The van der Waals surface area contributed by atoms with Crippen molar-refractivity contribution in [3.63, 3.8) is 0 Å². The van der Waals surface area contributed by atoms with Gasteiger partial charge in [0.2, 0.25) is 11.8 Å². The molecule has 0 saturated carbocycles. The van der Waals surface area contributed by atoms with E-state index >= 15 is 0 Å². The van der Waals surface area contributed by atoms with Gasteiger partial charge in [0.25, 0.3) is 0 Å². The van der Waals surface area contributed by atoms with Crippen molar-refractivity contribution in [3.8, 4) is 11.5 Å². The highest BCUT2D eigenvalue weighted by Gasteiger charge is 2.27. The summed E-state index contributed by atoms with van der Waals surface area (Å²) < 4.78 is 10.7. The van der Waals surface area contributed by atoms with Gasteiger partial charge >= 0.3 is 0 Å². The number of nitrogens with zero attached hydrogens (tertiary/aromatic N) is 2. The van der Waals surface area contributed by atoms with E-state index < -0.39 is 0 Å². The van der Waals surface area contributed by atoms with Crippen molar-refractivity contribution in [1.29, 1.82) is 0 Å². The molecule has 1 fully saturated rings. The fraction of sp³-hybridized carbons (Fsp3) is 0.579. The standard InChI is InChI=1S/C19H27N3O4/c1-25-16-9-14-5-8-22(11-15(14)10-17(16)26-2)18(23)12-21-6-3-13(4-7-21)19(20)24/h9-10,13H,3-8,11-12H2,1-2H3,(H2,20,24). The second-order valence-corrected chi connectivity index (χ2v) is 6.99. The van der Waals surface area contributed by atoms with Crippen LogP contribution in [0.2, 0.25) is 0 Å². The van der Waals surface area contributed by atoms with E-state index in [1.165, 1.54) is 5.56 Å². The van der Waals surface area contributed by atoms with E-state index in [2.05, 4.69) is 4.90 Å². The molecule has 1 aromatic carbocycles. The number of rotatable bonds is 5. The second-order valence-electron chi connectivity index (χ2n) is 6.99. The van der Waals surface area contributed by atoms with E-state index in [0.29, 0.717) is 25.4 Å². The molecule has 2 amide bonds. The van der Waals surface area contributed by atoms with E-state index in [-0.39, 0.29) is 17.7 Å². The number of ether oxygens (including phenoxy) is 2. The van der Waals surface area contributed by atoms with Gasteiger partial charge in [-0.05, 0) is 55.6 Å². The zero-order chi connectivity index (χ0) is 18.7. The first-order valence-electron chi connectivity index (χ1n) is 9.05. The Hall–Kier alpha value is -2.28. The van der Waals surface area contributed by atoms with Gasteiger partial charge in [0, 0.05) is 19.0 Å². The maximum Gasteiger partial charge on any atom is 0.237 e. The number of primary amides is 1. The number of benzene rings is 1. The van der Waals surface area contributed by atoms with Crippen LogP contribution < -0.4 is 15.2 Å². The summed E-state index contributed by atoms with van der Waals surface area (Å²) >= 11 is 0. The third kappa shape index (κ3) is 3.93. The molecule has 2 aliphatic rings. The molecule has 1 aromatic rings. The largest absolute Gasteiger partial charge is 0.493 e. The average Bonchev–Trinajstić information content (AvgIpc) is 2.66. The lowest BCUT2D eigenvalue weighted by molar-refractivity contribution is -0.133. The van der Waals surface area contributed by atoms with Crippen molar-refractivity contribution >= 4 is 11.8 Å². The van der Waals surface area contributed by atoms with Gasteiger partial charge in [-0.25, -0.2) is 0 Å². The number of carbonyl (C=O) groups excluding carboxylic acids is 2. The molecule has 0 aromatic heterocycles. The lowest BCUT2D eigenvalue weighted by atomic mass is 9.96. The number of methoxy groups -OCH3 is 2. The van der Waals surface area contributed by atoms with E-state index in [9.17, 15) is 9.59 Å². The van der Waals surface area contributed by atoms with Crippen LogP contribution in [-0.2, 0) is 22.6 Å². The van der Waals surface area contributed by atoms with Crippen LogP contribution in [0.3, 0.4) is 0 Å². The quantitative estimate of drug-likeness (QED) is 0.838. The van der Waals surface area contributed by atoms with Crippen LogP contribution in [0.25, 0.3) is 0 Å². The third-order valence-corrected chi connectivity index (χ3v) is 5.42. The zero-order valence-electron chi connectivity index (χ0n) is 15.5. The smallest absolute Gasteiger partial charge is 0.237 e. The zero-order valence-corrected chi connectivity index (χ0v) is 15.5. The normalized spacial score (nSPS) is 18.3. The lowest BCUT2D eigenvalue weighted by Gasteiger charge is -2.34. The Labute approximate surface area is 154 Å². The monoisotopic (exact) mass is 361 g/mol. The lowest BCUT2D eigenvalue weighted by Crippen LogP contribution is -2.46. The van der Waals surface area contributed by atoms with Gasteiger partial charge in [-0.1, -0.05) is 0 Å². The predicted octanol–water partition coefficient (Wildman–Crippen LogP) is 0.786. The van der Waals surface area contributed by atoms with E-state index in [0.717, 1.165) is 43.7 Å². The summed E-state index contributed by atoms with van der Waals surface area (Å²) in [7, 11) is 3.25. The first-order chi connectivity index (χ1) is 12.5. The fourth-order valence-electron chi connectivity index (χ4n) is 3.76. The van der Waals surface area contributed by atoms with Crippen molar-refractivity contribution in [3.05, 3.63) is 23.3 Å². The van der Waals surface area contributed by atoms with Crippen molar-refractivity contribution in [1.82, 2.24) is 9.80 Å². The molecule has 0 spiro atoms. The minimum atomic E-state index is -0.229. The number of carbonyl (C=O) groups is 2. The molecule has 0 bridgehead atoms. The van der Waals surface area contributed by atoms with Gasteiger partial charge in [-0.15, -0.1) is 0 Å². The van der Waals surface area contributed by atoms with Crippen LogP contribution in [0.4, 0.5) is 0 Å². The molecule has 1 saturated heterocycles. The summed E-state index contributed by atoms with van der Waals surface area (Å²) in [5.74, 6) is 1.26. The number of fused-ring (bicyclic) bond motifs is 1. The molecule has 26 heavy (non-hydrogen) atoms. The Balaban J connectivity index is 1.60. The Bertz CT molecular complexity index is 684. The van der Waals surface area contributed by atoms with Gasteiger partial charge < -0.3 is 20.1 Å². The topological polar surface area (TPSA) is 85.1 Å². The van der Waals surface area contributed by atoms with Crippen LogP contribution in [0.15, 0.2) is 12.1 Å². The van der Waals surface area contributed by atoms with Gasteiger partial charge in [-0.3, -0.25) is 14.5 Å². The maximum atomic E-state index is 12.7. The van der Waals surface area contributed by atoms with E-state index in [4.69, 9.17) is 15.2 Å². The number of hydrogen-bond acceptors (Lipinski definition) is 5. The summed E-state index contributed by atoms with van der Waals surface area (Å²) in [4.78, 5) is 28.0. The van der Waals surface area contributed by atoms with Crippen LogP contribution in [0.5, 0.6) is 11.5 Å². The van der Waals surface area contributed by atoms with Crippen molar-refractivity contribution < 1.29 is 19.1 Å². The molecule has 2 heterocycles. The number of piperidine rings is 1. The van der Waals surface area contributed by atoms with Gasteiger partial charge in [-0.2, -0.15) is 0 Å². The molecule has 0 atom stereocenters. The molecular weight excluding hydrogens is 334 g/mol. The molecule has 2 N–H and O–H groups in total. The van der Waals surface area contributed by atoms with Gasteiger partial charge in [0.05, 0.1) is 20.8 Å². The summed E-state index contributed by atoms with van der Waals surface area (Å²) in [6, 6.07) is 3.97. The number of hydrogen-bond donors (Lipinski definition) is 1. The molecule has 3 rings (SSSR count). The van der Waals surface area contributed by atoms with Crippen LogP contribution in [-0.4, -0.2) is 62.0 Å². The Morgan fingerprint density at radius 2 is 1.69 bits per heavy atom. The van der Waals surface area contributed by atoms with Crippen LogP contribution in [0, 0.1) is 5.92 Å². The van der Waals surface area contributed by atoms with E-state index in [1.807, 2.05) is 17.0 Å². The highest BCUT2D eigenvalue weighted by atomic mass is 16.5. The molecular formula is C19H27N3O4. The summed E-state index contributed by atoms with van der Waals surface area (Å²) in [5, 5.41) is 0. The Morgan fingerprint density at radius 3 is 2.27 bits per heavy atom. The minimum absolute atomic E-state index is 0.0503. The van der Waals surface area contributed by atoms with Crippen molar-refractivity contribution in [2.75, 3.05) is 40.4 Å². The number of nitrogens with two attached hydrogens (primary N) is 1. The molecule has 2 aliphatic heterocycles. The predicted molar refractivity (Wildman–Crippen MR) is 97.0 cm³/mol. The molecule has 0 radical (unpaired) electrons. The Kier molecular flexibility index (Phi) is 5.66.